The molecular weight excluding hydrogens is 427 g/mol. The number of esters is 1. The van der Waals surface area contributed by atoms with Crippen molar-refractivity contribution in [3.8, 4) is 0 Å². The SMILES string of the molecule is C=C1CCCC(CCO)(OC(=O)C(C)(CC(C)(I)CC)C(C)(C)C)C1. The number of carbonyl (C=O) groups is 1. The monoisotopic (exact) mass is 464 g/mol. The smallest absolute Gasteiger partial charge is 0.312 e. The molecule has 1 rings (SSSR count). The summed E-state index contributed by atoms with van der Waals surface area (Å²) in [6.45, 7) is 16.9. The molecule has 0 aromatic rings. The highest BCUT2D eigenvalue weighted by molar-refractivity contribution is 14.1. The molecule has 25 heavy (non-hydrogen) atoms. The highest BCUT2D eigenvalue weighted by Gasteiger charge is 2.51. The molecule has 0 aromatic heterocycles. The van der Waals surface area contributed by atoms with Gasteiger partial charge in [0.15, 0.2) is 0 Å². The van der Waals surface area contributed by atoms with Crippen LogP contribution in [0.15, 0.2) is 12.2 Å². The molecule has 0 amide bonds. The van der Waals surface area contributed by atoms with Crippen molar-refractivity contribution in [2.75, 3.05) is 6.61 Å². The van der Waals surface area contributed by atoms with Crippen LogP contribution in [0, 0.1) is 10.8 Å². The number of hydrogen-bond donors (Lipinski definition) is 1. The van der Waals surface area contributed by atoms with Gasteiger partial charge >= 0.3 is 5.97 Å². The van der Waals surface area contributed by atoms with E-state index in [9.17, 15) is 9.90 Å². The van der Waals surface area contributed by atoms with Crippen molar-refractivity contribution in [2.45, 2.75) is 95.5 Å². The minimum Gasteiger partial charge on any atom is -0.458 e. The first-order chi connectivity index (χ1) is 11.3. The molecule has 0 bridgehead atoms. The van der Waals surface area contributed by atoms with Crippen LogP contribution in [0.25, 0.3) is 0 Å². The van der Waals surface area contributed by atoms with Gasteiger partial charge in [0.1, 0.15) is 5.60 Å². The summed E-state index contributed by atoms with van der Waals surface area (Å²) in [4.78, 5) is 13.4. The Morgan fingerprint density at radius 1 is 1.32 bits per heavy atom. The van der Waals surface area contributed by atoms with E-state index in [-0.39, 0.29) is 21.4 Å². The summed E-state index contributed by atoms with van der Waals surface area (Å²) in [6, 6.07) is 0. The molecule has 1 aliphatic rings. The minimum atomic E-state index is -0.583. The average Bonchev–Trinajstić information content (AvgIpc) is 2.45. The lowest BCUT2D eigenvalue weighted by Gasteiger charge is -2.47. The zero-order valence-electron chi connectivity index (χ0n) is 17.0. The average molecular weight is 464 g/mol. The van der Waals surface area contributed by atoms with Gasteiger partial charge in [0.2, 0.25) is 0 Å². The van der Waals surface area contributed by atoms with Crippen molar-refractivity contribution in [1.82, 2.24) is 0 Å². The van der Waals surface area contributed by atoms with E-state index >= 15 is 0 Å². The Morgan fingerprint density at radius 2 is 1.92 bits per heavy atom. The van der Waals surface area contributed by atoms with Gasteiger partial charge in [0, 0.05) is 22.9 Å². The van der Waals surface area contributed by atoms with Gasteiger partial charge in [-0.25, -0.2) is 0 Å². The molecule has 0 aliphatic heterocycles. The molecule has 0 spiro atoms. The summed E-state index contributed by atoms with van der Waals surface area (Å²) in [5, 5.41) is 9.55. The first-order valence-electron chi connectivity index (χ1n) is 9.51. The Hall–Kier alpha value is -0.100. The van der Waals surface area contributed by atoms with Crippen LogP contribution in [0.1, 0.15) is 86.5 Å². The molecule has 3 nitrogen and oxygen atoms in total. The molecule has 0 saturated heterocycles. The lowest BCUT2D eigenvalue weighted by Crippen LogP contribution is -2.50. The summed E-state index contributed by atoms with van der Waals surface area (Å²) in [5.74, 6) is -0.125. The number of halogens is 1. The second-order valence-electron chi connectivity index (χ2n) is 9.35. The molecule has 1 aliphatic carbocycles. The molecule has 1 saturated carbocycles. The van der Waals surface area contributed by atoms with Gasteiger partial charge in [-0.1, -0.05) is 69.4 Å². The highest BCUT2D eigenvalue weighted by atomic mass is 127. The molecule has 0 radical (unpaired) electrons. The standard InChI is InChI=1S/C21H37IO3/c1-8-19(6,22)15-20(7,18(3,4)5)17(24)25-21(12-13-23)11-9-10-16(2)14-21/h23H,2,8-15H2,1,3-7H3. The molecule has 3 atom stereocenters. The van der Waals surface area contributed by atoms with Crippen molar-refractivity contribution < 1.29 is 14.6 Å². The Bertz CT molecular complexity index is 488. The molecular formula is C21H37IO3. The highest BCUT2D eigenvalue weighted by Crippen LogP contribution is 2.50. The van der Waals surface area contributed by atoms with E-state index in [2.05, 4.69) is 63.8 Å². The van der Waals surface area contributed by atoms with Crippen molar-refractivity contribution in [3.05, 3.63) is 12.2 Å². The molecule has 3 unspecified atom stereocenters. The zero-order valence-corrected chi connectivity index (χ0v) is 19.2. The van der Waals surface area contributed by atoms with Crippen molar-refractivity contribution in [3.63, 3.8) is 0 Å². The van der Waals surface area contributed by atoms with Gasteiger partial charge < -0.3 is 9.84 Å². The minimum absolute atomic E-state index is 0.0335. The van der Waals surface area contributed by atoms with Crippen molar-refractivity contribution in [1.29, 1.82) is 0 Å². The van der Waals surface area contributed by atoms with Crippen molar-refractivity contribution >= 4 is 28.6 Å². The van der Waals surface area contributed by atoms with E-state index in [1.54, 1.807) is 0 Å². The number of ether oxygens (including phenoxy) is 1. The summed E-state index contributed by atoms with van der Waals surface area (Å²) in [6.07, 6.45) is 5.72. The molecule has 0 aromatic carbocycles. The predicted molar refractivity (Wildman–Crippen MR) is 113 cm³/mol. The van der Waals surface area contributed by atoms with E-state index < -0.39 is 11.0 Å². The molecule has 1 fully saturated rings. The van der Waals surface area contributed by atoms with Crippen LogP contribution in [0.2, 0.25) is 0 Å². The van der Waals surface area contributed by atoms with Crippen LogP contribution < -0.4 is 0 Å². The fraction of sp³-hybridized carbons (Fsp3) is 0.857. The fourth-order valence-electron chi connectivity index (χ4n) is 3.66. The third-order valence-electron chi connectivity index (χ3n) is 6.18. The Morgan fingerprint density at radius 3 is 2.36 bits per heavy atom. The van der Waals surface area contributed by atoms with E-state index in [0.717, 1.165) is 37.7 Å². The van der Waals surface area contributed by atoms with Crippen molar-refractivity contribution in [2.24, 2.45) is 10.8 Å². The van der Waals surface area contributed by atoms with Crippen LogP contribution >= 0.6 is 22.6 Å². The second-order valence-corrected chi connectivity index (χ2v) is 12.0. The summed E-state index contributed by atoms with van der Waals surface area (Å²) in [7, 11) is 0. The predicted octanol–water partition coefficient (Wildman–Crippen LogP) is 5.83. The topological polar surface area (TPSA) is 46.5 Å². The van der Waals surface area contributed by atoms with Gasteiger partial charge in [0.25, 0.3) is 0 Å². The maximum atomic E-state index is 13.4. The number of carbonyl (C=O) groups excluding carboxylic acids is 1. The summed E-state index contributed by atoms with van der Waals surface area (Å²) < 4.78 is 6.25. The van der Waals surface area contributed by atoms with E-state index in [1.165, 1.54) is 0 Å². The fourth-order valence-corrected chi connectivity index (χ4v) is 4.43. The van der Waals surface area contributed by atoms with E-state index in [1.807, 2.05) is 6.92 Å². The first-order valence-corrected chi connectivity index (χ1v) is 10.6. The molecule has 146 valence electrons. The van der Waals surface area contributed by atoms with Gasteiger partial charge in [-0.2, -0.15) is 0 Å². The third-order valence-corrected chi connectivity index (χ3v) is 7.32. The van der Waals surface area contributed by atoms with Crippen LogP contribution in [0.5, 0.6) is 0 Å². The molecule has 4 heteroatoms. The van der Waals surface area contributed by atoms with E-state index in [0.29, 0.717) is 12.8 Å². The maximum absolute atomic E-state index is 13.4. The molecule has 1 N–H and O–H groups in total. The number of aliphatic hydroxyl groups excluding tert-OH is 1. The lowest BCUT2D eigenvalue weighted by molar-refractivity contribution is -0.183. The maximum Gasteiger partial charge on any atom is 0.312 e. The van der Waals surface area contributed by atoms with Gasteiger partial charge in [-0.05, 0) is 44.4 Å². The van der Waals surface area contributed by atoms with E-state index in [4.69, 9.17) is 4.74 Å². The molecule has 0 heterocycles. The normalized spacial score (nSPS) is 26.6. The quantitative estimate of drug-likeness (QED) is 0.223. The zero-order chi connectivity index (χ0) is 19.5. The van der Waals surface area contributed by atoms with Crippen LogP contribution in [-0.2, 0) is 9.53 Å². The number of alkyl halides is 1. The Labute approximate surface area is 168 Å². The summed E-state index contributed by atoms with van der Waals surface area (Å²) >= 11 is 2.47. The largest absolute Gasteiger partial charge is 0.458 e. The summed E-state index contributed by atoms with van der Waals surface area (Å²) in [5.41, 5.74) is -0.253. The Balaban J connectivity index is 3.14. The third kappa shape index (κ3) is 5.69. The Kier molecular flexibility index (Phi) is 7.60. The van der Waals surface area contributed by atoms with Gasteiger partial charge in [0.05, 0.1) is 5.41 Å². The van der Waals surface area contributed by atoms with Crippen LogP contribution in [-0.4, -0.2) is 26.7 Å². The number of hydrogen-bond acceptors (Lipinski definition) is 3. The number of aliphatic hydroxyl groups is 1. The number of rotatable bonds is 7. The lowest BCUT2D eigenvalue weighted by atomic mass is 9.63. The first kappa shape index (κ1) is 22.9. The van der Waals surface area contributed by atoms with Crippen LogP contribution in [0.4, 0.5) is 0 Å². The van der Waals surface area contributed by atoms with Gasteiger partial charge in [-0.3, -0.25) is 4.79 Å². The van der Waals surface area contributed by atoms with Gasteiger partial charge in [-0.15, -0.1) is 0 Å². The second kappa shape index (κ2) is 8.28. The van der Waals surface area contributed by atoms with Crippen LogP contribution in [0.3, 0.4) is 0 Å².